The molecule has 1 heterocycles. The van der Waals surface area contributed by atoms with Gasteiger partial charge in [-0.15, -0.1) is 0 Å². The minimum absolute atomic E-state index is 0.0905. The number of carboxylic acid groups (broad SMARTS) is 1. The highest BCUT2D eigenvalue weighted by Crippen LogP contribution is 2.01. The highest BCUT2D eigenvalue weighted by Gasteiger charge is 2.09. The molecule has 0 aromatic carbocycles. The lowest BCUT2D eigenvalue weighted by Crippen LogP contribution is -2.41. The normalized spacial score (nSPS) is 13.2. The molecule has 0 saturated heterocycles. The van der Waals surface area contributed by atoms with Crippen molar-refractivity contribution in [2.24, 2.45) is 0 Å². The van der Waals surface area contributed by atoms with Crippen LogP contribution in [0.1, 0.15) is 29.4 Å². The van der Waals surface area contributed by atoms with Crippen LogP contribution in [-0.4, -0.2) is 44.4 Å². The summed E-state index contributed by atoms with van der Waals surface area (Å²) >= 11 is 0. The molecule has 7 nitrogen and oxygen atoms in total. The van der Waals surface area contributed by atoms with Gasteiger partial charge < -0.3 is 15.7 Å². The van der Waals surface area contributed by atoms with E-state index in [4.69, 9.17) is 5.11 Å². The maximum Gasteiger partial charge on any atom is 0.335 e. The Hall–Kier alpha value is -1.96. The van der Waals surface area contributed by atoms with Crippen LogP contribution in [0.15, 0.2) is 18.3 Å². The van der Waals surface area contributed by atoms with E-state index in [9.17, 15) is 13.8 Å². The second kappa shape index (κ2) is 8.35. The van der Waals surface area contributed by atoms with Crippen molar-refractivity contribution in [2.45, 2.75) is 25.9 Å². The highest BCUT2D eigenvalue weighted by molar-refractivity contribution is 7.84. The average molecular weight is 313 g/mol. The van der Waals surface area contributed by atoms with Crippen LogP contribution >= 0.6 is 0 Å². The number of hydrogen-bond acceptors (Lipinski definition) is 4. The van der Waals surface area contributed by atoms with Crippen LogP contribution in [0.4, 0.5) is 4.79 Å². The fourth-order valence-electron chi connectivity index (χ4n) is 1.57. The van der Waals surface area contributed by atoms with Gasteiger partial charge >= 0.3 is 12.0 Å². The first kappa shape index (κ1) is 17.1. The first-order chi connectivity index (χ1) is 9.88. The Bertz CT molecular complexity index is 536. The largest absolute Gasteiger partial charge is 0.478 e. The third-order valence-corrected chi connectivity index (χ3v) is 3.52. The second-order valence-electron chi connectivity index (χ2n) is 4.64. The molecule has 1 rings (SSSR count). The number of pyridine rings is 1. The van der Waals surface area contributed by atoms with Gasteiger partial charge in [-0.25, -0.2) is 9.59 Å². The summed E-state index contributed by atoms with van der Waals surface area (Å²) in [6.07, 6.45) is 3.63. The van der Waals surface area contributed by atoms with Gasteiger partial charge in [-0.1, -0.05) is 0 Å². The molecule has 1 aromatic rings. The van der Waals surface area contributed by atoms with Crippen LogP contribution in [0.5, 0.6) is 0 Å². The molecular weight excluding hydrogens is 294 g/mol. The number of nitrogens with one attached hydrogen (secondary N) is 2. The summed E-state index contributed by atoms with van der Waals surface area (Å²) in [5.41, 5.74) is 0.591. The van der Waals surface area contributed by atoms with Crippen molar-refractivity contribution in [3.05, 3.63) is 29.6 Å². The van der Waals surface area contributed by atoms with Gasteiger partial charge in [0.25, 0.3) is 0 Å². The van der Waals surface area contributed by atoms with Gasteiger partial charge in [-0.05, 0) is 25.5 Å². The van der Waals surface area contributed by atoms with E-state index in [1.165, 1.54) is 18.3 Å². The topological polar surface area (TPSA) is 108 Å². The molecule has 0 aliphatic carbocycles. The van der Waals surface area contributed by atoms with Gasteiger partial charge in [-0.3, -0.25) is 9.19 Å². The summed E-state index contributed by atoms with van der Waals surface area (Å²) in [6, 6.07) is 2.34. The summed E-state index contributed by atoms with van der Waals surface area (Å²) in [5.74, 6) is -0.506. The van der Waals surface area contributed by atoms with E-state index in [1.807, 2.05) is 6.92 Å². The lowest BCUT2D eigenvalue weighted by Gasteiger charge is -2.13. The lowest BCUT2D eigenvalue weighted by atomic mass is 10.2. The Morgan fingerprint density at radius 2 is 2.19 bits per heavy atom. The number of urea groups is 1. The van der Waals surface area contributed by atoms with Crippen molar-refractivity contribution < 1.29 is 18.9 Å². The van der Waals surface area contributed by atoms with Gasteiger partial charge in [0.15, 0.2) is 0 Å². The molecule has 0 saturated carbocycles. The Morgan fingerprint density at radius 3 is 2.81 bits per heavy atom. The molecule has 0 radical (unpaired) electrons. The molecule has 1 aromatic heterocycles. The summed E-state index contributed by atoms with van der Waals surface area (Å²) in [7, 11) is -0.879. The fourth-order valence-corrected chi connectivity index (χ4v) is 2.25. The summed E-state index contributed by atoms with van der Waals surface area (Å²) in [5, 5.41) is 14.2. The minimum atomic E-state index is -1.04. The number of aromatic nitrogens is 1. The molecule has 0 aliphatic heterocycles. The van der Waals surface area contributed by atoms with Gasteiger partial charge in [0.1, 0.15) is 0 Å². The first-order valence-electron chi connectivity index (χ1n) is 6.41. The number of nitrogens with zero attached hydrogens (tertiary/aromatic N) is 1. The lowest BCUT2D eigenvalue weighted by molar-refractivity contribution is 0.0696. The van der Waals surface area contributed by atoms with Crippen molar-refractivity contribution in [3.8, 4) is 0 Å². The predicted molar refractivity (Wildman–Crippen MR) is 79.6 cm³/mol. The zero-order chi connectivity index (χ0) is 15.8. The molecule has 0 fully saturated rings. The SMILES string of the molecule is CC(CCS(C)=O)NC(=O)NCc1cc(C(=O)O)ccn1. The minimum Gasteiger partial charge on any atom is -0.478 e. The van der Waals surface area contributed by atoms with Gasteiger partial charge in [0, 0.05) is 35.0 Å². The summed E-state index contributed by atoms with van der Waals surface area (Å²) in [4.78, 5) is 26.4. The zero-order valence-corrected chi connectivity index (χ0v) is 12.8. The van der Waals surface area contributed by atoms with Crippen molar-refractivity contribution >= 4 is 22.8 Å². The molecule has 0 spiro atoms. The van der Waals surface area contributed by atoms with E-state index >= 15 is 0 Å². The van der Waals surface area contributed by atoms with Crippen molar-refractivity contribution in [1.29, 1.82) is 0 Å². The van der Waals surface area contributed by atoms with Gasteiger partial charge in [0.2, 0.25) is 0 Å². The standard InChI is InChI=1S/C13H19N3O4S/c1-9(4-6-21(2)20)16-13(19)15-8-11-7-10(12(17)18)3-5-14-11/h3,5,7,9H,4,6,8H2,1-2H3,(H,17,18)(H2,15,16,19). The third-order valence-electron chi connectivity index (χ3n) is 2.71. The summed E-state index contributed by atoms with van der Waals surface area (Å²) in [6.45, 7) is 1.97. The monoisotopic (exact) mass is 313 g/mol. The van der Waals surface area contributed by atoms with Gasteiger partial charge in [-0.2, -0.15) is 0 Å². The molecule has 8 heteroatoms. The zero-order valence-electron chi connectivity index (χ0n) is 12.0. The third kappa shape index (κ3) is 6.84. The van der Waals surface area contributed by atoms with Crippen molar-refractivity contribution in [3.63, 3.8) is 0 Å². The molecule has 2 amide bonds. The van der Waals surface area contributed by atoms with Crippen LogP contribution in [0.25, 0.3) is 0 Å². The predicted octanol–water partition coefficient (Wildman–Crippen LogP) is 0.736. The van der Waals surface area contributed by atoms with E-state index in [0.29, 0.717) is 17.9 Å². The number of carboxylic acids is 1. The number of carbonyl (C=O) groups excluding carboxylic acids is 1. The molecule has 0 bridgehead atoms. The number of aromatic carboxylic acids is 1. The summed E-state index contributed by atoms with van der Waals surface area (Å²) < 4.78 is 11.0. The molecule has 0 aliphatic rings. The maximum atomic E-state index is 11.6. The number of carbonyl (C=O) groups is 2. The maximum absolute atomic E-state index is 11.6. The second-order valence-corrected chi connectivity index (χ2v) is 6.19. The van der Waals surface area contributed by atoms with E-state index in [2.05, 4.69) is 15.6 Å². The fraction of sp³-hybridized carbons (Fsp3) is 0.462. The first-order valence-corrected chi connectivity index (χ1v) is 8.14. The molecular formula is C13H19N3O4S. The van der Waals surface area contributed by atoms with Crippen LogP contribution in [0.2, 0.25) is 0 Å². The van der Waals surface area contributed by atoms with Gasteiger partial charge in [0.05, 0.1) is 17.8 Å². The average Bonchev–Trinajstić information content (AvgIpc) is 2.43. The molecule has 2 atom stereocenters. The number of rotatable bonds is 7. The Kier molecular flexibility index (Phi) is 6.80. The van der Waals surface area contributed by atoms with E-state index in [0.717, 1.165) is 0 Å². The van der Waals surface area contributed by atoms with Crippen LogP contribution in [0, 0.1) is 0 Å². The van der Waals surface area contributed by atoms with Crippen molar-refractivity contribution in [2.75, 3.05) is 12.0 Å². The Labute approximate surface area is 125 Å². The smallest absolute Gasteiger partial charge is 0.335 e. The van der Waals surface area contributed by atoms with E-state index < -0.39 is 16.8 Å². The van der Waals surface area contributed by atoms with Crippen LogP contribution in [-0.2, 0) is 17.3 Å². The quantitative estimate of drug-likeness (QED) is 0.688. The molecule has 21 heavy (non-hydrogen) atoms. The molecule has 3 N–H and O–H groups in total. The van der Waals surface area contributed by atoms with Crippen LogP contribution < -0.4 is 10.6 Å². The number of hydrogen-bond donors (Lipinski definition) is 3. The highest BCUT2D eigenvalue weighted by atomic mass is 32.2. The molecule has 2 unspecified atom stereocenters. The Morgan fingerprint density at radius 1 is 1.48 bits per heavy atom. The molecule has 116 valence electrons. The Balaban J connectivity index is 2.40. The van der Waals surface area contributed by atoms with E-state index in [1.54, 1.807) is 6.26 Å². The van der Waals surface area contributed by atoms with E-state index in [-0.39, 0.29) is 24.2 Å². The number of amides is 2. The van der Waals surface area contributed by atoms with Crippen molar-refractivity contribution in [1.82, 2.24) is 15.6 Å². The van der Waals surface area contributed by atoms with Crippen LogP contribution in [0.3, 0.4) is 0 Å².